The summed E-state index contributed by atoms with van der Waals surface area (Å²) < 4.78 is 10.00. The minimum absolute atomic E-state index is 0.123. The van der Waals surface area contributed by atoms with Gasteiger partial charge in [0.25, 0.3) is 0 Å². The van der Waals surface area contributed by atoms with Gasteiger partial charge in [-0.15, -0.1) is 0 Å². The molecule has 1 aromatic rings. The molecule has 5 nitrogen and oxygen atoms in total. The van der Waals surface area contributed by atoms with Crippen LogP contribution in [0.5, 0.6) is 5.75 Å². The van der Waals surface area contributed by atoms with Crippen molar-refractivity contribution < 1.29 is 24.2 Å². The van der Waals surface area contributed by atoms with E-state index in [0.717, 1.165) is 24.8 Å². The van der Waals surface area contributed by atoms with Crippen molar-refractivity contribution in [2.45, 2.75) is 38.5 Å². The van der Waals surface area contributed by atoms with Crippen LogP contribution < -0.4 is 4.74 Å². The smallest absolute Gasteiger partial charge is 0.481 e. The number of hydrogen-bond donors (Lipinski definition) is 1. The van der Waals surface area contributed by atoms with Gasteiger partial charge < -0.3 is 14.6 Å². The van der Waals surface area contributed by atoms with Crippen LogP contribution >= 0.6 is 0 Å². The number of rotatable bonds is 4. The van der Waals surface area contributed by atoms with Crippen LogP contribution in [0.15, 0.2) is 24.3 Å². The van der Waals surface area contributed by atoms with Gasteiger partial charge in [0.2, 0.25) is 0 Å². The molecule has 0 spiro atoms. The lowest BCUT2D eigenvalue weighted by Gasteiger charge is -2.29. The van der Waals surface area contributed by atoms with Crippen molar-refractivity contribution in [3.05, 3.63) is 29.8 Å². The van der Waals surface area contributed by atoms with Crippen LogP contribution in [-0.4, -0.2) is 23.8 Å². The second-order valence-corrected chi connectivity index (χ2v) is 5.16. The lowest BCUT2D eigenvalue weighted by Crippen LogP contribution is -2.26. The second-order valence-electron chi connectivity index (χ2n) is 5.16. The van der Waals surface area contributed by atoms with Gasteiger partial charge in [-0.1, -0.05) is 31.0 Å². The van der Waals surface area contributed by atoms with E-state index in [4.69, 9.17) is 9.47 Å². The van der Waals surface area contributed by atoms with Crippen molar-refractivity contribution in [2.75, 3.05) is 6.61 Å². The molecular formula is C16H20O5. The third-order valence-electron chi connectivity index (χ3n) is 3.86. The Kier molecular flexibility index (Phi) is 5.20. The Labute approximate surface area is 123 Å². The maximum atomic E-state index is 11.5. The fourth-order valence-electron chi connectivity index (χ4n) is 2.92. The molecule has 1 saturated carbocycles. The van der Waals surface area contributed by atoms with Gasteiger partial charge in [0.1, 0.15) is 5.75 Å². The number of benzene rings is 1. The molecule has 0 saturated heterocycles. The first-order valence-electron chi connectivity index (χ1n) is 7.29. The minimum atomic E-state index is -0.786. The highest BCUT2D eigenvalue weighted by Gasteiger charge is 2.33. The number of hydrogen-bond acceptors (Lipinski definition) is 4. The van der Waals surface area contributed by atoms with E-state index >= 15 is 0 Å². The van der Waals surface area contributed by atoms with Crippen molar-refractivity contribution in [3.63, 3.8) is 0 Å². The Morgan fingerprint density at radius 1 is 1.24 bits per heavy atom. The van der Waals surface area contributed by atoms with Crippen molar-refractivity contribution in [1.29, 1.82) is 0 Å². The Balaban J connectivity index is 2.25. The maximum Gasteiger partial charge on any atom is 0.513 e. The van der Waals surface area contributed by atoms with E-state index in [2.05, 4.69) is 0 Å². The van der Waals surface area contributed by atoms with Crippen molar-refractivity contribution in [3.8, 4) is 5.75 Å². The van der Waals surface area contributed by atoms with E-state index in [9.17, 15) is 14.7 Å². The van der Waals surface area contributed by atoms with Crippen LogP contribution in [0.4, 0.5) is 4.79 Å². The molecule has 0 aliphatic heterocycles. The molecule has 2 atom stereocenters. The molecule has 2 rings (SSSR count). The van der Waals surface area contributed by atoms with Crippen molar-refractivity contribution in [1.82, 2.24) is 0 Å². The van der Waals surface area contributed by atoms with Crippen LogP contribution in [0.2, 0.25) is 0 Å². The molecule has 0 aromatic heterocycles. The first-order chi connectivity index (χ1) is 10.1. The highest BCUT2D eigenvalue weighted by molar-refractivity contribution is 5.72. The lowest BCUT2D eigenvalue weighted by molar-refractivity contribution is -0.143. The molecule has 114 valence electrons. The molecular weight excluding hydrogens is 272 g/mol. The van der Waals surface area contributed by atoms with Crippen molar-refractivity contribution >= 4 is 12.1 Å². The highest BCUT2D eigenvalue weighted by Crippen LogP contribution is 2.41. The highest BCUT2D eigenvalue weighted by atomic mass is 16.7. The molecule has 5 heteroatoms. The Morgan fingerprint density at radius 2 is 1.95 bits per heavy atom. The zero-order valence-corrected chi connectivity index (χ0v) is 12.1. The van der Waals surface area contributed by atoms with Gasteiger partial charge in [-0.3, -0.25) is 4.79 Å². The van der Waals surface area contributed by atoms with Gasteiger partial charge in [-0.05, 0) is 31.4 Å². The number of carboxylic acids is 1. The SMILES string of the molecule is CCOC(=O)Oc1ccccc1C1CCCCC1C(=O)O. The summed E-state index contributed by atoms with van der Waals surface area (Å²) in [5.74, 6) is -0.938. The summed E-state index contributed by atoms with van der Waals surface area (Å²) in [7, 11) is 0. The van der Waals surface area contributed by atoms with Gasteiger partial charge in [0.15, 0.2) is 0 Å². The summed E-state index contributed by atoms with van der Waals surface area (Å²) in [4.78, 5) is 22.9. The molecule has 1 N–H and O–H groups in total. The molecule has 0 heterocycles. The number of para-hydroxylation sites is 1. The summed E-state index contributed by atoms with van der Waals surface area (Å²) >= 11 is 0. The normalized spacial score (nSPS) is 21.6. The predicted molar refractivity (Wildman–Crippen MR) is 76.4 cm³/mol. The second kappa shape index (κ2) is 7.11. The lowest BCUT2D eigenvalue weighted by atomic mass is 9.75. The van der Waals surface area contributed by atoms with Gasteiger partial charge in [0, 0.05) is 5.92 Å². The van der Waals surface area contributed by atoms with Gasteiger partial charge in [0.05, 0.1) is 12.5 Å². The number of carbonyl (C=O) groups excluding carboxylic acids is 1. The number of ether oxygens (including phenoxy) is 2. The van der Waals surface area contributed by atoms with E-state index in [1.807, 2.05) is 12.1 Å². The molecule has 0 bridgehead atoms. The quantitative estimate of drug-likeness (QED) is 0.678. The fraction of sp³-hybridized carbons (Fsp3) is 0.500. The monoisotopic (exact) mass is 292 g/mol. The summed E-state index contributed by atoms with van der Waals surface area (Å²) in [5.41, 5.74) is 0.776. The first-order valence-corrected chi connectivity index (χ1v) is 7.29. The minimum Gasteiger partial charge on any atom is -0.481 e. The third-order valence-corrected chi connectivity index (χ3v) is 3.86. The standard InChI is InChI=1S/C16H20O5/c1-2-20-16(19)21-14-10-6-5-8-12(14)11-7-3-4-9-13(11)15(17)18/h5-6,8,10-11,13H,2-4,7,9H2,1H3,(H,17,18). The van der Waals surface area contributed by atoms with Crippen molar-refractivity contribution in [2.24, 2.45) is 5.92 Å². The summed E-state index contributed by atoms with van der Waals surface area (Å²) in [6.07, 6.45) is 2.61. The molecule has 21 heavy (non-hydrogen) atoms. The average Bonchev–Trinajstić information content (AvgIpc) is 2.48. The average molecular weight is 292 g/mol. The van der Waals surface area contributed by atoms with E-state index in [0.29, 0.717) is 12.2 Å². The summed E-state index contributed by atoms with van der Waals surface area (Å²) in [5, 5.41) is 9.39. The van der Waals surface area contributed by atoms with Crippen LogP contribution in [0.3, 0.4) is 0 Å². The van der Waals surface area contributed by atoms with Gasteiger partial charge >= 0.3 is 12.1 Å². The largest absolute Gasteiger partial charge is 0.513 e. The van der Waals surface area contributed by atoms with Gasteiger partial charge in [-0.2, -0.15) is 0 Å². The molecule has 1 aliphatic carbocycles. The Hall–Kier alpha value is -2.04. The Morgan fingerprint density at radius 3 is 2.67 bits per heavy atom. The number of aliphatic carboxylic acids is 1. The molecule has 1 aliphatic rings. The third kappa shape index (κ3) is 3.74. The van der Waals surface area contributed by atoms with Gasteiger partial charge in [-0.25, -0.2) is 4.79 Å². The topological polar surface area (TPSA) is 72.8 Å². The van der Waals surface area contributed by atoms with Crippen LogP contribution in [-0.2, 0) is 9.53 Å². The van der Waals surface area contributed by atoms with Crippen LogP contribution in [0.1, 0.15) is 44.1 Å². The molecule has 2 unspecified atom stereocenters. The molecule has 1 fully saturated rings. The summed E-state index contributed by atoms with van der Waals surface area (Å²) in [6.45, 7) is 1.94. The maximum absolute atomic E-state index is 11.5. The predicted octanol–water partition coefficient (Wildman–Crippen LogP) is 3.58. The summed E-state index contributed by atoms with van der Waals surface area (Å²) in [6, 6.07) is 7.11. The zero-order chi connectivity index (χ0) is 15.2. The molecule has 0 radical (unpaired) electrons. The molecule has 0 amide bonds. The van der Waals surface area contributed by atoms with E-state index < -0.39 is 18.0 Å². The fourth-order valence-corrected chi connectivity index (χ4v) is 2.92. The number of carboxylic acid groups (broad SMARTS) is 1. The Bertz CT molecular complexity index is 511. The van der Waals surface area contributed by atoms with E-state index in [1.165, 1.54) is 0 Å². The molecule has 1 aromatic carbocycles. The van der Waals surface area contributed by atoms with E-state index in [1.54, 1.807) is 19.1 Å². The van der Waals surface area contributed by atoms with E-state index in [-0.39, 0.29) is 12.5 Å². The number of carbonyl (C=O) groups is 2. The van der Waals surface area contributed by atoms with Crippen LogP contribution in [0, 0.1) is 5.92 Å². The first kappa shape index (κ1) is 15.4. The zero-order valence-electron chi connectivity index (χ0n) is 12.1. The van der Waals surface area contributed by atoms with Crippen LogP contribution in [0.25, 0.3) is 0 Å².